The molecule has 0 aliphatic carbocycles. The summed E-state index contributed by atoms with van der Waals surface area (Å²) in [6.07, 6.45) is 1.50. The molecule has 0 saturated heterocycles. The Morgan fingerprint density at radius 3 is 2.60 bits per heavy atom. The third kappa shape index (κ3) is 4.45. The number of hydrogen-bond acceptors (Lipinski definition) is 5. The summed E-state index contributed by atoms with van der Waals surface area (Å²) in [6, 6.07) is 9.56. The number of imidazole rings is 1. The van der Waals surface area contributed by atoms with Gasteiger partial charge in [-0.3, -0.25) is 13.9 Å². The monoisotopic (exact) mass is 411 g/mol. The highest BCUT2D eigenvalue weighted by atomic mass is 16.3. The molecule has 158 valence electrons. The average molecular weight is 411 g/mol. The summed E-state index contributed by atoms with van der Waals surface area (Å²) < 4.78 is 4.28. The normalized spacial score (nSPS) is 12.1. The Morgan fingerprint density at radius 1 is 1.20 bits per heavy atom. The predicted octanol–water partition coefficient (Wildman–Crippen LogP) is 2.31. The molecule has 30 heavy (non-hydrogen) atoms. The first-order chi connectivity index (χ1) is 14.4. The van der Waals surface area contributed by atoms with E-state index in [0.717, 1.165) is 5.56 Å². The molecule has 0 bridgehead atoms. The largest absolute Gasteiger partial charge is 0.393 e. The molecule has 2 heterocycles. The second kappa shape index (κ2) is 9.43. The van der Waals surface area contributed by atoms with Gasteiger partial charge >= 0.3 is 5.69 Å². The zero-order chi connectivity index (χ0) is 21.7. The van der Waals surface area contributed by atoms with E-state index in [9.17, 15) is 14.7 Å². The molecular weight excluding hydrogens is 386 g/mol. The summed E-state index contributed by atoms with van der Waals surface area (Å²) >= 11 is 0. The molecule has 0 aliphatic rings. The molecule has 0 amide bonds. The number of fused-ring (bicyclic) bond motifs is 1. The molecule has 1 aromatic carbocycles. The fourth-order valence-electron chi connectivity index (χ4n) is 3.48. The summed E-state index contributed by atoms with van der Waals surface area (Å²) in [5.74, 6) is 0.422. The highest BCUT2D eigenvalue weighted by Crippen LogP contribution is 2.15. The van der Waals surface area contributed by atoms with Crippen LogP contribution in [0.2, 0.25) is 0 Å². The summed E-state index contributed by atoms with van der Waals surface area (Å²) in [4.78, 5) is 33.3. The van der Waals surface area contributed by atoms with Gasteiger partial charge in [-0.05, 0) is 37.3 Å². The van der Waals surface area contributed by atoms with Crippen LogP contribution in [-0.4, -0.2) is 29.9 Å². The molecule has 0 radical (unpaired) electrons. The van der Waals surface area contributed by atoms with Crippen molar-refractivity contribution in [2.24, 2.45) is 12.2 Å². The van der Waals surface area contributed by atoms with E-state index in [-0.39, 0.29) is 18.7 Å². The molecule has 1 atom stereocenters. The number of unbranched alkanes of at least 4 members (excludes halogenated alkanes) is 1. The van der Waals surface area contributed by atoms with E-state index >= 15 is 0 Å². The highest BCUT2D eigenvalue weighted by Gasteiger charge is 2.20. The van der Waals surface area contributed by atoms with Crippen LogP contribution in [0.3, 0.4) is 0 Å². The summed E-state index contributed by atoms with van der Waals surface area (Å²) in [6.45, 7) is 2.31. The third-order valence-corrected chi connectivity index (χ3v) is 5.02. The van der Waals surface area contributed by atoms with Crippen LogP contribution in [0.1, 0.15) is 37.6 Å². The van der Waals surface area contributed by atoms with Crippen molar-refractivity contribution in [2.75, 3.05) is 0 Å². The van der Waals surface area contributed by atoms with Gasteiger partial charge < -0.3 is 9.67 Å². The second-order valence-electron chi connectivity index (χ2n) is 7.30. The number of nitrogens with zero attached hydrogens (tertiary/aromatic N) is 7. The Bertz CT molecular complexity index is 1190. The lowest BCUT2D eigenvalue weighted by Gasteiger charge is -2.11. The second-order valence-corrected chi connectivity index (χ2v) is 7.30. The van der Waals surface area contributed by atoms with Gasteiger partial charge in [0.25, 0.3) is 5.56 Å². The summed E-state index contributed by atoms with van der Waals surface area (Å²) in [7, 11) is 1.58. The standard InChI is InChI=1S/C20H25N7O3/c1-14(28)8-6-7-11-26-19(29)17-18(25(2)20(26)30)23-16(12-22-24-21)27(17)13-15-9-4-3-5-10-15/h3-5,9-10,14,28H,6-8,11-13H2,1-2H3. The van der Waals surface area contributed by atoms with Crippen LogP contribution < -0.4 is 11.2 Å². The maximum absolute atomic E-state index is 13.3. The molecule has 2 aromatic heterocycles. The van der Waals surface area contributed by atoms with Crippen LogP contribution in [0.4, 0.5) is 0 Å². The van der Waals surface area contributed by atoms with E-state index < -0.39 is 17.4 Å². The molecule has 3 aromatic rings. The quantitative estimate of drug-likeness (QED) is 0.250. The molecule has 3 rings (SSSR count). The number of aromatic nitrogens is 4. The van der Waals surface area contributed by atoms with Gasteiger partial charge in [0, 0.05) is 25.0 Å². The number of aliphatic hydroxyl groups is 1. The number of azide groups is 1. The lowest BCUT2D eigenvalue weighted by molar-refractivity contribution is 0.180. The molecule has 0 fully saturated rings. The minimum Gasteiger partial charge on any atom is -0.393 e. The topological polar surface area (TPSA) is 131 Å². The number of rotatable bonds is 9. The van der Waals surface area contributed by atoms with Crippen LogP contribution in [0, 0.1) is 0 Å². The van der Waals surface area contributed by atoms with Crippen LogP contribution in [-0.2, 0) is 26.7 Å². The molecule has 10 nitrogen and oxygen atoms in total. The number of aryl methyl sites for hydroxylation is 1. The lowest BCUT2D eigenvalue weighted by atomic mass is 10.2. The van der Waals surface area contributed by atoms with Crippen molar-refractivity contribution >= 4 is 11.2 Å². The van der Waals surface area contributed by atoms with Gasteiger partial charge in [-0.1, -0.05) is 35.4 Å². The Hall–Kier alpha value is -3.36. The first-order valence-electron chi connectivity index (χ1n) is 9.85. The maximum Gasteiger partial charge on any atom is 0.332 e. The van der Waals surface area contributed by atoms with Crippen molar-refractivity contribution in [3.63, 3.8) is 0 Å². The third-order valence-electron chi connectivity index (χ3n) is 5.02. The van der Waals surface area contributed by atoms with Crippen molar-refractivity contribution in [1.82, 2.24) is 18.7 Å². The van der Waals surface area contributed by atoms with Gasteiger partial charge in [0.2, 0.25) is 0 Å². The van der Waals surface area contributed by atoms with Gasteiger partial charge in [0.05, 0.1) is 12.6 Å². The van der Waals surface area contributed by atoms with E-state index in [1.54, 1.807) is 18.5 Å². The SMILES string of the molecule is CC(O)CCCCn1c(=O)c2c(nc(CN=[N+]=[N-])n2Cc2ccccc2)n(C)c1=O. The summed E-state index contributed by atoms with van der Waals surface area (Å²) in [5, 5.41) is 13.0. The van der Waals surface area contributed by atoms with E-state index in [2.05, 4.69) is 15.0 Å². The Balaban J connectivity index is 2.12. The van der Waals surface area contributed by atoms with Crippen molar-refractivity contribution in [3.8, 4) is 0 Å². The lowest BCUT2D eigenvalue weighted by Crippen LogP contribution is -2.39. The molecule has 10 heteroatoms. The highest BCUT2D eigenvalue weighted by molar-refractivity contribution is 5.71. The zero-order valence-corrected chi connectivity index (χ0v) is 17.1. The van der Waals surface area contributed by atoms with Crippen molar-refractivity contribution in [2.45, 2.75) is 51.9 Å². The molecule has 1 N–H and O–H groups in total. The Morgan fingerprint density at radius 2 is 1.93 bits per heavy atom. The first kappa shape index (κ1) is 21.4. The average Bonchev–Trinajstić information content (AvgIpc) is 3.09. The number of benzene rings is 1. The molecule has 0 aliphatic heterocycles. The number of hydrogen-bond donors (Lipinski definition) is 1. The van der Waals surface area contributed by atoms with Gasteiger partial charge in [0.1, 0.15) is 5.82 Å². The summed E-state index contributed by atoms with van der Waals surface area (Å²) in [5.41, 5.74) is 9.39. The maximum atomic E-state index is 13.3. The number of aliphatic hydroxyl groups excluding tert-OH is 1. The molecule has 0 saturated carbocycles. The first-order valence-corrected chi connectivity index (χ1v) is 9.85. The van der Waals surface area contributed by atoms with Crippen molar-refractivity contribution in [1.29, 1.82) is 0 Å². The van der Waals surface area contributed by atoms with Gasteiger partial charge in [-0.25, -0.2) is 9.78 Å². The van der Waals surface area contributed by atoms with Crippen LogP contribution in [0.5, 0.6) is 0 Å². The predicted molar refractivity (Wildman–Crippen MR) is 113 cm³/mol. The van der Waals surface area contributed by atoms with Crippen molar-refractivity contribution in [3.05, 3.63) is 73.0 Å². The minimum atomic E-state index is -0.441. The van der Waals surface area contributed by atoms with E-state index in [1.165, 1.54) is 9.13 Å². The van der Waals surface area contributed by atoms with E-state index in [4.69, 9.17) is 5.53 Å². The fraction of sp³-hybridized carbons (Fsp3) is 0.450. The van der Waals surface area contributed by atoms with E-state index in [0.29, 0.717) is 37.1 Å². The van der Waals surface area contributed by atoms with Crippen LogP contribution >= 0.6 is 0 Å². The van der Waals surface area contributed by atoms with E-state index in [1.807, 2.05) is 30.3 Å². The minimum absolute atomic E-state index is 0.0277. The van der Waals surface area contributed by atoms with Crippen LogP contribution in [0.15, 0.2) is 45.0 Å². The van der Waals surface area contributed by atoms with Gasteiger partial charge in [0.15, 0.2) is 11.2 Å². The Labute approximate surface area is 172 Å². The molecule has 1 unspecified atom stereocenters. The molecular formula is C20H25N7O3. The van der Waals surface area contributed by atoms with Crippen molar-refractivity contribution < 1.29 is 5.11 Å². The molecule has 0 spiro atoms. The Kier molecular flexibility index (Phi) is 6.71. The van der Waals surface area contributed by atoms with Gasteiger partial charge in [-0.2, -0.15) is 0 Å². The van der Waals surface area contributed by atoms with Crippen LogP contribution in [0.25, 0.3) is 21.6 Å². The smallest absolute Gasteiger partial charge is 0.332 e. The zero-order valence-electron chi connectivity index (χ0n) is 17.1. The fourth-order valence-corrected chi connectivity index (χ4v) is 3.48. The van der Waals surface area contributed by atoms with Gasteiger partial charge in [-0.15, -0.1) is 0 Å².